The van der Waals surface area contributed by atoms with Gasteiger partial charge in [-0.25, -0.2) is 0 Å². The Morgan fingerprint density at radius 1 is 0.574 bits per heavy atom. The topological polar surface area (TPSA) is 0 Å². The van der Waals surface area contributed by atoms with Crippen LogP contribution in [0.4, 0.5) is 0 Å². The summed E-state index contributed by atoms with van der Waals surface area (Å²) in [6, 6.07) is 41.3. The lowest BCUT2D eigenvalue weighted by atomic mass is 9.82. The van der Waals surface area contributed by atoms with Crippen LogP contribution in [0.1, 0.15) is 61.8 Å². The van der Waals surface area contributed by atoms with Crippen molar-refractivity contribution in [1.82, 2.24) is 0 Å². The molecule has 8 rings (SSSR count). The van der Waals surface area contributed by atoms with E-state index in [1.54, 1.807) is 0 Å². The van der Waals surface area contributed by atoms with E-state index in [1.807, 2.05) is 0 Å². The molecule has 6 aromatic carbocycles. The summed E-state index contributed by atoms with van der Waals surface area (Å²) in [5, 5.41) is 5.32. The maximum Gasteiger partial charge on any atom is -0.00990 e. The van der Waals surface area contributed by atoms with Crippen LogP contribution in [0.2, 0.25) is 0 Å². The SMILES string of the molecule is CCC(C)C1=C(c2cccc(-c3cccc(-c4cccc(-c5ccc6ccc7c8c(ccc7c6c5)CCC=C8)c4)c3)c2C)CCC=C1. The molecular weight excluding hydrogens is 565 g/mol. The third-order valence-corrected chi connectivity index (χ3v) is 10.7. The molecule has 0 spiro atoms. The van der Waals surface area contributed by atoms with E-state index in [9.17, 15) is 0 Å². The highest BCUT2D eigenvalue weighted by Crippen LogP contribution is 2.39. The molecule has 0 amide bonds. The molecule has 0 fully saturated rings. The average molecular weight is 607 g/mol. The van der Waals surface area contributed by atoms with Crippen molar-refractivity contribution in [3.63, 3.8) is 0 Å². The minimum absolute atomic E-state index is 0.573. The molecule has 0 saturated carbocycles. The van der Waals surface area contributed by atoms with Crippen molar-refractivity contribution < 1.29 is 0 Å². The molecule has 0 radical (unpaired) electrons. The molecule has 0 aromatic heterocycles. The Balaban J connectivity index is 1.17. The quantitative estimate of drug-likeness (QED) is 0.165. The highest BCUT2D eigenvalue weighted by atomic mass is 14.2. The zero-order chi connectivity index (χ0) is 31.9. The third kappa shape index (κ3) is 5.36. The van der Waals surface area contributed by atoms with Gasteiger partial charge in [0.05, 0.1) is 0 Å². The van der Waals surface area contributed by atoms with Gasteiger partial charge in [-0.2, -0.15) is 0 Å². The van der Waals surface area contributed by atoms with Crippen molar-refractivity contribution in [3.8, 4) is 33.4 Å². The van der Waals surface area contributed by atoms with Crippen molar-refractivity contribution in [2.75, 3.05) is 0 Å². The summed E-state index contributed by atoms with van der Waals surface area (Å²) in [6.45, 7) is 6.98. The molecule has 0 N–H and O–H groups in total. The number of hydrogen-bond donors (Lipinski definition) is 0. The zero-order valence-electron chi connectivity index (χ0n) is 27.8. The molecule has 6 aromatic rings. The van der Waals surface area contributed by atoms with Gasteiger partial charge in [-0.1, -0.05) is 129 Å². The van der Waals surface area contributed by atoms with Crippen molar-refractivity contribution in [3.05, 3.63) is 155 Å². The van der Waals surface area contributed by atoms with Gasteiger partial charge in [0.15, 0.2) is 0 Å². The van der Waals surface area contributed by atoms with Crippen LogP contribution in [0.3, 0.4) is 0 Å². The number of benzene rings is 6. The Morgan fingerprint density at radius 2 is 1.21 bits per heavy atom. The van der Waals surface area contributed by atoms with Crippen LogP contribution in [0.5, 0.6) is 0 Å². The first kappa shape index (κ1) is 29.5. The van der Waals surface area contributed by atoms with Gasteiger partial charge in [-0.3, -0.25) is 0 Å². The number of hydrogen-bond acceptors (Lipinski definition) is 0. The number of allylic oxidation sites excluding steroid dienone is 5. The lowest BCUT2D eigenvalue weighted by Crippen LogP contribution is -2.04. The lowest BCUT2D eigenvalue weighted by molar-refractivity contribution is 0.666. The molecule has 1 atom stereocenters. The molecule has 0 bridgehead atoms. The van der Waals surface area contributed by atoms with E-state index in [1.165, 1.54) is 88.3 Å². The fourth-order valence-electron chi connectivity index (χ4n) is 7.91. The van der Waals surface area contributed by atoms with E-state index in [0.29, 0.717) is 5.92 Å². The summed E-state index contributed by atoms with van der Waals surface area (Å²) in [5.74, 6) is 0.573. The summed E-state index contributed by atoms with van der Waals surface area (Å²) in [7, 11) is 0. The minimum Gasteiger partial charge on any atom is -0.0839 e. The maximum atomic E-state index is 2.39. The summed E-state index contributed by atoms with van der Waals surface area (Å²) < 4.78 is 0. The van der Waals surface area contributed by atoms with Gasteiger partial charge in [0.25, 0.3) is 0 Å². The van der Waals surface area contributed by atoms with Gasteiger partial charge in [-0.15, -0.1) is 0 Å². The average Bonchev–Trinajstić information content (AvgIpc) is 3.14. The van der Waals surface area contributed by atoms with Crippen LogP contribution in [-0.4, -0.2) is 0 Å². The van der Waals surface area contributed by atoms with Crippen LogP contribution < -0.4 is 0 Å². The van der Waals surface area contributed by atoms with Crippen LogP contribution in [0.25, 0.3) is 66.6 Å². The number of aryl methyl sites for hydroxylation is 1. The molecule has 0 heteroatoms. The molecule has 0 nitrogen and oxygen atoms in total. The predicted molar refractivity (Wildman–Crippen MR) is 205 cm³/mol. The molecule has 0 saturated heterocycles. The number of fused-ring (bicyclic) bond motifs is 5. The van der Waals surface area contributed by atoms with E-state index in [4.69, 9.17) is 0 Å². The first-order valence-corrected chi connectivity index (χ1v) is 17.4. The highest BCUT2D eigenvalue weighted by Gasteiger charge is 2.18. The van der Waals surface area contributed by atoms with Gasteiger partial charge in [0.2, 0.25) is 0 Å². The largest absolute Gasteiger partial charge is 0.0839 e. The summed E-state index contributed by atoms with van der Waals surface area (Å²) >= 11 is 0. The molecule has 0 heterocycles. The summed E-state index contributed by atoms with van der Waals surface area (Å²) in [4.78, 5) is 0. The van der Waals surface area contributed by atoms with E-state index >= 15 is 0 Å². The molecule has 47 heavy (non-hydrogen) atoms. The Kier molecular flexibility index (Phi) is 7.74. The van der Waals surface area contributed by atoms with Crippen LogP contribution in [-0.2, 0) is 6.42 Å². The second-order valence-electron chi connectivity index (χ2n) is 13.5. The van der Waals surface area contributed by atoms with E-state index in [-0.39, 0.29) is 0 Å². The van der Waals surface area contributed by atoms with Crippen LogP contribution in [0, 0.1) is 12.8 Å². The van der Waals surface area contributed by atoms with Gasteiger partial charge in [0.1, 0.15) is 0 Å². The maximum absolute atomic E-state index is 2.39. The Labute approximate surface area is 279 Å². The van der Waals surface area contributed by atoms with Crippen LogP contribution >= 0.6 is 0 Å². The smallest absolute Gasteiger partial charge is 0.00990 e. The molecule has 2 aliphatic rings. The second kappa shape index (κ2) is 12.3. The monoisotopic (exact) mass is 606 g/mol. The van der Waals surface area contributed by atoms with E-state index < -0.39 is 0 Å². The van der Waals surface area contributed by atoms with Crippen molar-refractivity contribution in [2.24, 2.45) is 5.92 Å². The second-order valence-corrected chi connectivity index (χ2v) is 13.5. The fraction of sp³-hybridized carbons (Fsp3) is 0.191. The lowest BCUT2D eigenvalue weighted by Gasteiger charge is -2.23. The van der Waals surface area contributed by atoms with Gasteiger partial charge in [-0.05, 0) is 151 Å². The predicted octanol–water partition coefficient (Wildman–Crippen LogP) is 13.4. The molecule has 2 aliphatic carbocycles. The Hall–Kier alpha value is -4.94. The first-order chi connectivity index (χ1) is 23.1. The van der Waals surface area contributed by atoms with Gasteiger partial charge < -0.3 is 0 Å². The van der Waals surface area contributed by atoms with Gasteiger partial charge >= 0.3 is 0 Å². The summed E-state index contributed by atoms with van der Waals surface area (Å²) in [5.41, 5.74) is 16.3. The van der Waals surface area contributed by atoms with Crippen LogP contribution in [0.15, 0.2) is 133 Å². The standard InChI is InChI=1S/C47H42/c1-4-31(2)40-17-7-8-19-44(40)42-21-11-20-41(32(42)3)39-16-10-15-37(29-39)35-13-9-14-36(28-35)38-23-22-34-25-26-45-43-18-6-5-12-33(43)24-27-46(45)47(34)30-38/h6-7,9-11,13-18,20-31H,4-5,8,12,19H2,1-3H3. The van der Waals surface area contributed by atoms with Gasteiger partial charge in [0, 0.05) is 0 Å². The number of rotatable bonds is 6. The Morgan fingerprint density at radius 3 is 2.02 bits per heavy atom. The van der Waals surface area contributed by atoms with E-state index in [0.717, 1.165) is 32.1 Å². The molecule has 0 aliphatic heterocycles. The van der Waals surface area contributed by atoms with Crippen molar-refractivity contribution >= 4 is 33.2 Å². The first-order valence-electron chi connectivity index (χ1n) is 17.4. The van der Waals surface area contributed by atoms with Crippen molar-refractivity contribution in [2.45, 2.75) is 52.9 Å². The fourth-order valence-corrected chi connectivity index (χ4v) is 7.91. The molecular formula is C47H42. The Bertz CT molecular complexity index is 2250. The third-order valence-electron chi connectivity index (χ3n) is 10.7. The molecule has 1 unspecified atom stereocenters. The van der Waals surface area contributed by atoms with Crippen molar-refractivity contribution in [1.29, 1.82) is 0 Å². The minimum atomic E-state index is 0.573. The normalized spacial score (nSPS) is 15.0. The zero-order valence-corrected chi connectivity index (χ0v) is 27.8. The highest BCUT2D eigenvalue weighted by molar-refractivity contribution is 6.11. The molecule has 230 valence electrons. The summed E-state index contributed by atoms with van der Waals surface area (Å²) in [6.07, 6.45) is 15.1. The van der Waals surface area contributed by atoms with E-state index in [2.05, 4.69) is 154 Å².